The summed E-state index contributed by atoms with van der Waals surface area (Å²) < 4.78 is 87.2. The van der Waals surface area contributed by atoms with Gasteiger partial charge in [-0.2, -0.15) is 0 Å². The zero-order chi connectivity index (χ0) is 37.7. The van der Waals surface area contributed by atoms with Crippen LogP contribution in [0.5, 0.6) is 0 Å². The van der Waals surface area contributed by atoms with Gasteiger partial charge in [-0.3, -0.25) is 0 Å². The van der Waals surface area contributed by atoms with Crippen LogP contribution >= 0.6 is 0 Å². The summed E-state index contributed by atoms with van der Waals surface area (Å²) in [5, 5.41) is 3.81. The molecule has 0 atom stereocenters. The highest BCUT2D eigenvalue weighted by molar-refractivity contribution is 6.28. The molecule has 7 aromatic carbocycles. The number of fused-ring (bicyclic) bond motifs is 7. The predicted molar refractivity (Wildman–Crippen MR) is 186 cm³/mol. The molecular formula is C42H28N2. The van der Waals surface area contributed by atoms with Crippen LogP contribution in [0, 0.1) is 0 Å². The summed E-state index contributed by atoms with van der Waals surface area (Å²) in [6.45, 7) is 0. The molecule has 9 aromatic rings. The van der Waals surface area contributed by atoms with Crippen LogP contribution in [0.2, 0.25) is 0 Å². The summed E-state index contributed by atoms with van der Waals surface area (Å²) in [4.78, 5) is 0. The molecule has 0 unspecified atom stereocenters. The van der Waals surface area contributed by atoms with E-state index in [1.807, 2.05) is 84.9 Å². The Morgan fingerprint density at radius 3 is 1.32 bits per heavy atom. The molecule has 0 saturated carbocycles. The number of para-hydroxylation sites is 3. The van der Waals surface area contributed by atoms with Crippen LogP contribution in [0.4, 0.5) is 0 Å². The Labute approximate surface area is 269 Å². The summed E-state index contributed by atoms with van der Waals surface area (Å²) in [7, 11) is 0. The van der Waals surface area contributed by atoms with Crippen molar-refractivity contribution in [3.05, 3.63) is 170 Å². The van der Waals surface area contributed by atoms with Crippen LogP contribution in [-0.4, -0.2) is 9.13 Å². The van der Waals surface area contributed by atoms with Gasteiger partial charge >= 0.3 is 0 Å². The van der Waals surface area contributed by atoms with Crippen LogP contribution in [0.3, 0.4) is 0 Å². The maximum atomic E-state index is 8.81. The zero-order valence-corrected chi connectivity index (χ0v) is 23.3. The Morgan fingerprint density at radius 2 is 0.773 bits per heavy atom. The second-order valence-electron chi connectivity index (χ2n) is 10.7. The van der Waals surface area contributed by atoms with Crippen molar-refractivity contribution in [3.63, 3.8) is 0 Å². The third kappa shape index (κ3) is 3.75. The van der Waals surface area contributed by atoms with Crippen molar-refractivity contribution in [2.45, 2.75) is 0 Å². The third-order valence-electron chi connectivity index (χ3n) is 8.31. The fraction of sp³-hybridized carbons (Fsp3) is 0. The average Bonchev–Trinajstić information content (AvgIpc) is 3.71. The van der Waals surface area contributed by atoms with E-state index < -0.39 is 12.1 Å². The lowest BCUT2D eigenvalue weighted by atomic mass is 10.0. The molecule has 0 aliphatic rings. The molecule has 2 aromatic heterocycles. The molecule has 9 rings (SSSR count). The largest absolute Gasteiger partial charge is 0.309 e. The molecular weight excluding hydrogens is 532 g/mol. The standard InChI is InChI=1S/C42H28N2/c1-3-11-29(12-4-1)30-19-21-31(22-20-30)32-23-25-34(26-24-32)44-38-18-10-8-16-36(38)42-40(44)28-27-39-41(42)35-15-7-9-17-37(35)43(39)33-13-5-2-6-14-33/h1-28H/i1D,2D,3D,4D,5D,6D,11D,12D,13D,14D. The van der Waals surface area contributed by atoms with Crippen LogP contribution < -0.4 is 0 Å². The molecule has 0 spiro atoms. The smallest absolute Gasteiger partial charge is 0.0645 e. The van der Waals surface area contributed by atoms with Gasteiger partial charge in [0.05, 0.1) is 35.8 Å². The Hall–Kier alpha value is -5.86. The molecule has 44 heavy (non-hydrogen) atoms. The topological polar surface area (TPSA) is 9.86 Å². The number of benzene rings is 7. The first-order valence-corrected chi connectivity index (χ1v) is 14.3. The summed E-state index contributed by atoms with van der Waals surface area (Å²) in [5.74, 6) is 0. The molecule has 0 radical (unpaired) electrons. The van der Waals surface area contributed by atoms with E-state index in [9.17, 15) is 0 Å². The van der Waals surface area contributed by atoms with E-state index in [1.165, 1.54) is 0 Å². The summed E-state index contributed by atoms with van der Waals surface area (Å²) in [5.41, 5.74) is 6.97. The molecule has 2 nitrogen and oxygen atoms in total. The quantitative estimate of drug-likeness (QED) is 0.199. The van der Waals surface area contributed by atoms with E-state index in [0.717, 1.165) is 60.4 Å². The summed E-state index contributed by atoms with van der Waals surface area (Å²) in [6, 6.07) is 32.0. The lowest BCUT2D eigenvalue weighted by Gasteiger charge is -2.10. The molecule has 0 bridgehead atoms. The predicted octanol–water partition coefficient (Wildman–Crippen LogP) is 11.2. The second kappa shape index (κ2) is 9.86. The number of aromatic nitrogens is 2. The lowest BCUT2D eigenvalue weighted by molar-refractivity contribution is 1.17. The van der Waals surface area contributed by atoms with Crippen molar-refractivity contribution in [2.75, 3.05) is 0 Å². The number of hydrogen-bond acceptors (Lipinski definition) is 0. The molecule has 206 valence electrons. The van der Waals surface area contributed by atoms with Crippen molar-refractivity contribution < 1.29 is 13.7 Å². The van der Waals surface area contributed by atoms with E-state index in [-0.39, 0.29) is 59.6 Å². The van der Waals surface area contributed by atoms with Crippen molar-refractivity contribution in [1.82, 2.24) is 9.13 Å². The minimum absolute atomic E-state index is 0.104. The first-order chi connectivity index (χ1) is 26.0. The Bertz CT molecular complexity index is 2980. The molecule has 2 heterocycles. The number of nitrogens with zero attached hydrogens (tertiary/aromatic N) is 2. The first kappa shape index (κ1) is 16.7. The Kier molecular flexibility index (Phi) is 3.74. The van der Waals surface area contributed by atoms with E-state index >= 15 is 0 Å². The van der Waals surface area contributed by atoms with Gasteiger partial charge in [-0.1, -0.05) is 121 Å². The molecule has 0 aliphatic carbocycles. The lowest BCUT2D eigenvalue weighted by Crippen LogP contribution is -1.94. The maximum absolute atomic E-state index is 8.81. The van der Waals surface area contributed by atoms with Gasteiger partial charge in [0.1, 0.15) is 0 Å². The monoisotopic (exact) mass is 570 g/mol. The highest BCUT2D eigenvalue weighted by atomic mass is 15.0. The van der Waals surface area contributed by atoms with E-state index in [0.29, 0.717) is 5.56 Å². The van der Waals surface area contributed by atoms with Gasteiger partial charge in [0.2, 0.25) is 0 Å². The third-order valence-corrected chi connectivity index (χ3v) is 8.31. The van der Waals surface area contributed by atoms with Gasteiger partial charge in [0.15, 0.2) is 0 Å². The van der Waals surface area contributed by atoms with Crippen molar-refractivity contribution >= 4 is 43.6 Å². The summed E-state index contributed by atoms with van der Waals surface area (Å²) >= 11 is 0. The van der Waals surface area contributed by atoms with E-state index in [2.05, 4.69) is 16.7 Å². The average molecular weight is 571 g/mol. The van der Waals surface area contributed by atoms with Crippen LogP contribution in [0.25, 0.3) is 77.2 Å². The van der Waals surface area contributed by atoms with E-state index in [1.54, 1.807) is 16.7 Å². The van der Waals surface area contributed by atoms with Crippen LogP contribution in [0.1, 0.15) is 13.7 Å². The minimum Gasteiger partial charge on any atom is -0.309 e. The molecule has 2 heteroatoms. The van der Waals surface area contributed by atoms with Crippen molar-refractivity contribution in [2.24, 2.45) is 0 Å². The molecule has 0 N–H and O–H groups in total. The highest BCUT2D eigenvalue weighted by Crippen LogP contribution is 2.42. The van der Waals surface area contributed by atoms with Crippen LogP contribution in [-0.2, 0) is 0 Å². The fourth-order valence-corrected chi connectivity index (χ4v) is 6.42. The molecule has 0 amide bonds. The van der Waals surface area contributed by atoms with Gasteiger partial charge < -0.3 is 9.13 Å². The second-order valence-corrected chi connectivity index (χ2v) is 10.7. The summed E-state index contributed by atoms with van der Waals surface area (Å²) in [6.07, 6.45) is 0. The van der Waals surface area contributed by atoms with E-state index in [4.69, 9.17) is 13.7 Å². The first-order valence-electron chi connectivity index (χ1n) is 19.3. The van der Waals surface area contributed by atoms with Crippen molar-refractivity contribution in [1.29, 1.82) is 0 Å². The maximum Gasteiger partial charge on any atom is 0.0645 e. The highest BCUT2D eigenvalue weighted by Gasteiger charge is 2.20. The molecule has 0 fully saturated rings. The Morgan fingerprint density at radius 1 is 0.341 bits per heavy atom. The van der Waals surface area contributed by atoms with Crippen molar-refractivity contribution in [3.8, 4) is 33.6 Å². The minimum atomic E-state index is -0.434. The van der Waals surface area contributed by atoms with Gasteiger partial charge in [-0.05, 0) is 70.7 Å². The Balaban J connectivity index is 1.20. The number of rotatable bonds is 4. The van der Waals surface area contributed by atoms with Crippen LogP contribution in [0.15, 0.2) is 170 Å². The number of hydrogen-bond donors (Lipinski definition) is 0. The molecule has 0 saturated heterocycles. The van der Waals surface area contributed by atoms with Gasteiger partial charge in [-0.25, -0.2) is 0 Å². The van der Waals surface area contributed by atoms with Gasteiger partial charge in [0, 0.05) is 32.9 Å². The SMILES string of the molecule is [2H]c1c([2H])c([2H])c(-c2ccc(-c3ccc(-n4c5ccccc5c5c6c7ccccc7n(-c7c([2H])c([2H])c([2H])c([2H])c7[2H])c6ccc54)cc3)cc2)c([2H])c1[2H]. The molecule has 0 aliphatic heterocycles. The van der Waals surface area contributed by atoms with Gasteiger partial charge in [-0.15, -0.1) is 0 Å². The zero-order valence-electron chi connectivity index (χ0n) is 33.3. The van der Waals surface area contributed by atoms with Gasteiger partial charge in [0.25, 0.3) is 0 Å². The normalized spacial score (nSPS) is 14.8. The fourth-order valence-electron chi connectivity index (χ4n) is 6.42.